The summed E-state index contributed by atoms with van der Waals surface area (Å²) in [6.45, 7) is 1.89. The molecule has 0 saturated carbocycles. The van der Waals surface area contributed by atoms with Crippen molar-refractivity contribution < 1.29 is 13.5 Å². The molecule has 0 saturated heterocycles. The Kier molecular flexibility index (Phi) is 4.78. The molecule has 1 aromatic heterocycles. The molecule has 3 nitrogen and oxygen atoms in total. The van der Waals surface area contributed by atoms with Gasteiger partial charge in [-0.15, -0.1) is 0 Å². The van der Waals surface area contributed by atoms with E-state index in [9.17, 15) is 4.39 Å². The molecule has 18 heavy (non-hydrogen) atoms. The Bertz CT molecular complexity index is 467. The van der Waals surface area contributed by atoms with Crippen LogP contribution < -0.4 is 10.1 Å². The van der Waals surface area contributed by atoms with Crippen molar-refractivity contribution in [2.24, 2.45) is 0 Å². The van der Waals surface area contributed by atoms with E-state index in [4.69, 9.17) is 9.15 Å². The third-order valence-electron chi connectivity index (χ3n) is 2.29. The normalized spacial score (nSPS) is 10.6. The molecule has 0 amide bonds. The quantitative estimate of drug-likeness (QED) is 0.830. The van der Waals surface area contributed by atoms with Crippen LogP contribution in [0, 0.1) is 5.82 Å². The largest absolute Gasteiger partial charge is 0.492 e. The van der Waals surface area contributed by atoms with Gasteiger partial charge in [-0.1, -0.05) is 15.9 Å². The number of hydrogen-bond acceptors (Lipinski definition) is 3. The molecule has 0 spiro atoms. The van der Waals surface area contributed by atoms with Gasteiger partial charge < -0.3 is 14.5 Å². The molecule has 2 aromatic rings. The van der Waals surface area contributed by atoms with Crippen LogP contribution in [0.5, 0.6) is 5.75 Å². The zero-order chi connectivity index (χ0) is 12.8. The highest BCUT2D eigenvalue weighted by Crippen LogP contribution is 2.20. The lowest BCUT2D eigenvalue weighted by Gasteiger charge is -2.07. The first kappa shape index (κ1) is 13.1. The maximum absolute atomic E-state index is 13.1. The minimum Gasteiger partial charge on any atom is -0.492 e. The standard InChI is InChI=1S/C13H13BrFNO2/c14-11-5-12(15)7-13(6-11)18-4-2-16-8-10-1-3-17-9-10/h1,3,5-7,9,16H,2,4,8H2. The lowest BCUT2D eigenvalue weighted by molar-refractivity contribution is 0.312. The van der Waals surface area contributed by atoms with Gasteiger partial charge in [0.05, 0.1) is 12.5 Å². The summed E-state index contributed by atoms with van der Waals surface area (Å²) in [6, 6.07) is 6.39. The van der Waals surface area contributed by atoms with E-state index in [-0.39, 0.29) is 5.82 Å². The number of hydrogen-bond donors (Lipinski definition) is 1. The lowest BCUT2D eigenvalue weighted by Crippen LogP contribution is -2.20. The monoisotopic (exact) mass is 313 g/mol. The number of halogens is 2. The first-order valence-corrected chi connectivity index (χ1v) is 6.34. The minimum atomic E-state index is -0.314. The van der Waals surface area contributed by atoms with E-state index < -0.39 is 0 Å². The third-order valence-corrected chi connectivity index (χ3v) is 2.75. The topological polar surface area (TPSA) is 34.4 Å². The summed E-state index contributed by atoms with van der Waals surface area (Å²) >= 11 is 3.22. The number of furan rings is 1. The second kappa shape index (κ2) is 6.56. The van der Waals surface area contributed by atoms with Gasteiger partial charge in [-0.2, -0.15) is 0 Å². The highest BCUT2D eigenvalue weighted by molar-refractivity contribution is 9.10. The number of rotatable bonds is 6. The van der Waals surface area contributed by atoms with E-state index in [0.29, 0.717) is 23.4 Å². The maximum atomic E-state index is 13.1. The summed E-state index contributed by atoms with van der Waals surface area (Å²) in [4.78, 5) is 0. The molecule has 0 aliphatic carbocycles. The van der Waals surface area contributed by atoms with Crippen LogP contribution in [0.15, 0.2) is 45.7 Å². The smallest absolute Gasteiger partial charge is 0.128 e. The van der Waals surface area contributed by atoms with E-state index in [2.05, 4.69) is 21.2 Å². The van der Waals surface area contributed by atoms with E-state index in [1.165, 1.54) is 12.1 Å². The fourth-order valence-corrected chi connectivity index (χ4v) is 1.92. The number of ether oxygens (including phenoxy) is 1. The van der Waals surface area contributed by atoms with Crippen molar-refractivity contribution in [1.82, 2.24) is 5.32 Å². The molecule has 0 aliphatic rings. The van der Waals surface area contributed by atoms with Crippen molar-refractivity contribution >= 4 is 15.9 Å². The van der Waals surface area contributed by atoms with Crippen LogP contribution in [-0.2, 0) is 6.54 Å². The first-order valence-electron chi connectivity index (χ1n) is 5.55. The molecule has 0 unspecified atom stereocenters. The SMILES string of the molecule is Fc1cc(Br)cc(OCCNCc2ccoc2)c1. The van der Waals surface area contributed by atoms with Crippen LogP contribution in [0.2, 0.25) is 0 Å². The average Bonchev–Trinajstić information content (AvgIpc) is 2.80. The molecule has 96 valence electrons. The van der Waals surface area contributed by atoms with E-state index >= 15 is 0 Å². The minimum absolute atomic E-state index is 0.314. The van der Waals surface area contributed by atoms with Crippen LogP contribution in [0.3, 0.4) is 0 Å². The van der Waals surface area contributed by atoms with Crippen molar-refractivity contribution in [1.29, 1.82) is 0 Å². The fourth-order valence-electron chi connectivity index (χ4n) is 1.48. The average molecular weight is 314 g/mol. The van der Waals surface area contributed by atoms with Gasteiger partial charge in [0.2, 0.25) is 0 Å². The molecule has 1 heterocycles. The molecule has 1 N–H and O–H groups in total. The Morgan fingerprint density at radius 1 is 1.33 bits per heavy atom. The third kappa shape index (κ3) is 4.16. The Morgan fingerprint density at radius 3 is 2.94 bits per heavy atom. The molecular formula is C13H13BrFNO2. The van der Waals surface area contributed by atoms with Gasteiger partial charge >= 0.3 is 0 Å². The lowest BCUT2D eigenvalue weighted by atomic mass is 10.3. The van der Waals surface area contributed by atoms with Gasteiger partial charge in [0, 0.05) is 29.2 Å². The van der Waals surface area contributed by atoms with Crippen molar-refractivity contribution in [3.63, 3.8) is 0 Å². The highest BCUT2D eigenvalue weighted by Gasteiger charge is 2.00. The van der Waals surface area contributed by atoms with Gasteiger partial charge in [-0.3, -0.25) is 0 Å². The van der Waals surface area contributed by atoms with Crippen LogP contribution in [0.1, 0.15) is 5.56 Å². The Hall–Kier alpha value is -1.33. The van der Waals surface area contributed by atoms with Crippen molar-refractivity contribution in [3.8, 4) is 5.75 Å². The van der Waals surface area contributed by atoms with Gasteiger partial charge in [0.25, 0.3) is 0 Å². The van der Waals surface area contributed by atoms with Crippen molar-refractivity contribution in [2.75, 3.05) is 13.2 Å². The van der Waals surface area contributed by atoms with Gasteiger partial charge in [0.15, 0.2) is 0 Å². The van der Waals surface area contributed by atoms with E-state index in [1.54, 1.807) is 18.6 Å². The molecule has 0 radical (unpaired) electrons. The highest BCUT2D eigenvalue weighted by atomic mass is 79.9. The number of benzene rings is 1. The Labute approximate surface area is 113 Å². The predicted molar refractivity (Wildman–Crippen MR) is 70.0 cm³/mol. The Balaban J connectivity index is 1.68. The molecule has 0 bridgehead atoms. The molecular weight excluding hydrogens is 301 g/mol. The summed E-state index contributed by atoms with van der Waals surface area (Å²) in [5.41, 5.74) is 1.09. The van der Waals surface area contributed by atoms with Crippen molar-refractivity contribution in [2.45, 2.75) is 6.54 Å². The molecule has 2 rings (SSSR count). The van der Waals surface area contributed by atoms with Crippen LogP contribution in [0.25, 0.3) is 0 Å². The zero-order valence-electron chi connectivity index (χ0n) is 9.66. The van der Waals surface area contributed by atoms with Crippen molar-refractivity contribution in [3.05, 3.63) is 52.6 Å². The van der Waals surface area contributed by atoms with E-state index in [0.717, 1.165) is 12.1 Å². The first-order chi connectivity index (χ1) is 8.74. The van der Waals surface area contributed by atoms with Crippen LogP contribution in [0.4, 0.5) is 4.39 Å². The zero-order valence-corrected chi connectivity index (χ0v) is 11.2. The molecule has 0 fully saturated rings. The molecule has 1 aromatic carbocycles. The second-order valence-corrected chi connectivity index (χ2v) is 4.68. The predicted octanol–water partition coefficient (Wildman–Crippen LogP) is 3.35. The fraction of sp³-hybridized carbons (Fsp3) is 0.231. The maximum Gasteiger partial charge on any atom is 0.128 e. The summed E-state index contributed by atoms with van der Waals surface area (Å²) < 4.78 is 24.1. The van der Waals surface area contributed by atoms with Gasteiger partial charge in [-0.25, -0.2) is 4.39 Å². The summed E-state index contributed by atoms with van der Waals surface area (Å²) in [6.07, 6.45) is 3.33. The second-order valence-electron chi connectivity index (χ2n) is 3.76. The van der Waals surface area contributed by atoms with Crippen LogP contribution >= 0.6 is 15.9 Å². The Morgan fingerprint density at radius 2 is 2.22 bits per heavy atom. The van der Waals surface area contributed by atoms with Gasteiger partial charge in [0.1, 0.15) is 18.2 Å². The molecule has 0 atom stereocenters. The molecule has 5 heteroatoms. The summed E-state index contributed by atoms with van der Waals surface area (Å²) in [5, 5.41) is 3.20. The molecule has 0 aliphatic heterocycles. The number of nitrogens with one attached hydrogen (secondary N) is 1. The summed E-state index contributed by atoms with van der Waals surface area (Å²) in [7, 11) is 0. The van der Waals surface area contributed by atoms with E-state index in [1.807, 2.05) is 6.07 Å². The van der Waals surface area contributed by atoms with Crippen LogP contribution in [-0.4, -0.2) is 13.2 Å². The van der Waals surface area contributed by atoms with Gasteiger partial charge in [-0.05, 0) is 18.2 Å². The summed E-state index contributed by atoms with van der Waals surface area (Å²) in [5.74, 6) is 0.206.